The number of nitrogens with zero attached hydrogens (tertiary/aromatic N) is 2. The molecule has 5 heteroatoms. The van der Waals surface area contributed by atoms with Crippen LogP contribution in [0.5, 0.6) is 0 Å². The van der Waals surface area contributed by atoms with E-state index in [4.69, 9.17) is 16.3 Å². The minimum absolute atomic E-state index is 0.723. The first-order chi connectivity index (χ1) is 10.0. The van der Waals surface area contributed by atoms with E-state index in [1.54, 1.807) is 7.11 Å². The predicted octanol–water partition coefficient (Wildman–Crippen LogP) is 2.46. The number of methoxy groups -OCH3 is 1. The highest BCUT2D eigenvalue weighted by Crippen LogP contribution is 2.26. The van der Waals surface area contributed by atoms with Gasteiger partial charge in [0.2, 0.25) is 0 Å². The van der Waals surface area contributed by atoms with Crippen LogP contribution in [0.25, 0.3) is 0 Å². The van der Waals surface area contributed by atoms with E-state index in [-0.39, 0.29) is 0 Å². The van der Waals surface area contributed by atoms with Crippen molar-refractivity contribution in [3.63, 3.8) is 0 Å². The molecule has 0 fully saturated rings. The van der Waals surface area contributed by atoms with Gasteiger partial charge in [-0.15, -0.1) is 0 Å². The van der Waals surface area contributed by atoms with Gasteiger partial charge < -0.3 is 19.9 Å². The van der Waals surface area contributed by atoms with Crippen molar-refractivity contribution in [3.8, 4) is 0 Å². The first-order valence-electron chi connectivity index (χ1n) is 7.38. The van der Waals surface area contributed by atoms with Crippen molar-refractivity contribution in [1.82, 2.24) is 10.2 Å². The second kappa shape index (κ2) is 10.0. The Kier molecular flexibility index (Phi) is 8.69. The van der Waals surface area contributed by atoms with E-state index in [9.17, 15) is 0 Å². The van der Waals surface area contributed by atoms with E-state index in [2.05, 4.69) is 48.4 Å². The van der Waals surface area contributed by atoms with Crippen LogP contribution < -0.4 is 10.2 Å². The van der Waals surface area contributed by atoms with Crippen molar-refractivity contribution in [1.29, 1.82) is 0 Å². The molecule has 0 aromatic heterocycles. The first kappa shape index (κ1) is 18.2. The minimum atomic E-state index is 0.723. The maximum Gasteiger partial charge on any atom is 0.0642 e. The largest absolute Gasteiger partial charge is 0.383 e. The second-order valence-corrected chi connectivity index (χ2v) is 5.94. The number of hydrogen-bond acceptors (Lipinski definition) is 4. The zero-order valence-corrected chi connectivity index (χ0v) is 14.4. The van der Waals surface area contributed by atoms with Crippen molar-refractivity contribution in [2.45, 2.75) is 13.0 Å². The molecule has 4 nitrogen and oxygen atoms in total. The van der Waals surface area contributed by atoms with Crippen LogP contribution in [0.2, 0.25) is 5.02 Å². The van der Waals surface area contributed by atoms with Gasteiger partial charge >= 0.3 is 0 Å². The Hall–Kier alpha value is -0.810. The third-order valence-electron chi connectivity index (χ3n) is 3.33. The summed E-state index contributed by atoms with van der Waals surface area (Å²) in [4.78, 5) is 4.41. The number of rotatable bonds is 10. The van der Waals surface area contributed by atoms with Crippen LogP contribution >= 0.6 is 11.6 Å². The zero-order valence-electron chi connectivity index (χ0n) is 13.7. The summed E-state index contributed by atoms with van der Waals surface area (Å²) in [5, 5.41) is 4.14. The monoisotopic (exact) mass is 313 g/mol. The molecule has 0 aliphatic rings. The van der Waals surface area contributed by atoms with E-state index in [0.29, 0.717) is 0 Å². The highest BCUT2D eigenvalue weighted by molar-refractivity contribution is 6.33. The van der Waals surface area contributed by atoms with Gasteiger partial charge in [-0.2, -0.15) is 0 Å². The summed E-state index contributed by atoms with van der Waals surface area (Å²) in [6.07, 6.45) is 1.13. The quantitative estimate of drug-likeness (QED) is 0.672. The van der Waals surface area contributed by atoms with Crippen LogP contribution in [0.1, 0.15) is 12.0 Å². The van der Waals surface area contributed by atoms with Gasteiger partial charge in [0.25, 0.3) is 0 Å². The molecule has 1 N–H and O–H groups in total. The van der Waals surface area contributed by atoms with Crippen LogP contribution in [0.3, 0.4) is 0 Å². The Morgan fingerprint density at radius 3 is 2.57 bits per heavy atom. The molecule has 0 aliphatic heterocycles. The van der Waals surface area contributed by atoms with Crippen molar-refractivity contribution < 1.29 is 4.74 Å². The molecule has 0 amide bonds. The highest BCUT2D eigenvalue weighted by atomic mass is 35.5. The van der Waals surface area contributed by atoms with E-state index < -0.39 is 0 Å². The van der Waals surface area contributed by atoms with Crippen molar-refractivity contribution >= 4 is 17.3 Å². The van der Waals surface area contributed by atoms with Crippen LogP contribution in [0.15, 0.2) is 18.2 Å². The number of hydrogen-bond donors (Lipinski definition) is 1. The number of anilines is 1. The summed E-state index contributed by atoms with van der Waals surface area (Å²) in [6.45, 7) is 4.47. The molecule has 1 aromatic carbocycles. The molecule has 0 unspecified atom stereocenters. The van der Waals surface area contributed by atoms with Gasteiger partial charge in [0.15, 0.2) is 0 Å². The van der Waals surface area contributed by atoms with Crippen LogP contribution in [-0.2, 0) is 11.3 Å². The average Bonchev–Trinajstić information content (AvgIpc) is 2.43. The Morgan fingerprint density at radius 1 is 1.19 bits per heavy atom. The van der Waals surface area contributed by atoms with Gasteiger partial charge in [-0.05, 0) is 44.8 Å². The number of benzene rings is 1. The summed E-state index contributed by atoms with van der Waals surface area (Å²) >= 11 is 6.40. The molecule has 0 saturated heterocycles. The van der Waals surface area contributed by atoms with Gasteiger partial charge in [-0.1, -0.05) is 17.7 Å². The van der Waals surface area contributed by atoms with E-state index in [1.165, 1.54) is 5.56 Å². The summed E-state index contributed by atoms with van der Waals surface area (Å²) < 4.78 is 5.01. The summed E-state index contributed by atoms with van der Waals surface area (Å²) in [7, 11) is 7.99. The third kappa shape index (κ3) is 7.14. The molecule has 0 spiro atoms. The van der Waals surface area contributed by atoms with E-state index >= 15 is 0 Å². The molecule has 1 rings (SSSR count). The maximum absolute atomic E-state index is 6.40. The molecule has 0 radical (unpaired) electrons. The number of nitrogens with one attached hydrogen (secondary N) is 1. The normalized spacial score (nSPS) is 11.1. The molecule has 1 aromatic rings. The second-order valence-electron chi connectivity index (χ2n) is 5.53. The summed E-state index contributed by atoms with van der Waals surface area (Å²) in [6, 6.07) is 6.27. The molecule has 0 aliphatic carbocycles. The highest BCUT2D eigenvalue weighted by Gasteiger charge is 2.07. The SMILES string of the molecule is COCCNCc1ccc(N(C)CCCN(C)C)c(Cl)c1. The lowest BCUT2D eigenvalue weighted by Gasteiger charge is -2.22. The molecular formula is C16H28ClN3O. The van der Waals surface area contributed by atoms with E-state index in [0.717, 1.165) is 49.9 Å². The third-order valence-corrected chi connectivity index (χ3v) is 3.64. The standard InChI is InChI=1S/C16H28ClN3O/c1-19(2)9-5-10-20(3)16-7-6-14(12-15(16)17)13-18-8-11-21-4/h6-7,12,18H,5,8-11,13H2,1-4H3. The summed E-state index contributed by atoms with van der Waals surface area (Å²) in [5.41, 5.74) is 2.29. The molecule has 0 saturated carbocycles. The predicted molar refractivity (Wildman–Crippen MR) is 91.5 cm³/mol. The maximum atomic E-state index is 6.40. The molecule has 0 heterocycles. The summed E-state index contributed by atoms with van der Waals surface area (Å²) in [5.74, 6) is 0. The van der Waals surface area contributed by atoms with Gasteiger partial charge in [0.05, 0.1) is 17.3 Å². The average molecular weight is 314 g/mol. The van der Waals surface area contributed by atoms with Crippen LogP contribution in [0.4, 0.5) is 5.69 Å². The minimum Gasteiger partial charge on any atom is -0.383 e. The van der Waals surface area contributed by atoms with Crippen LogP contribution in [0, 0.1) is 0 Å². The fraction of sp³-hybridized carbons (Fsp3) is 0.625. The zero-order chi connectivity index (χ0) is 15.7. The fourth-order valence-corrected chi connectivity index (χ4v) is 2.47. The van der Waals surface area contributed by atoms with E-state index in [1.807, 2.05) is 6.07 Å². The number of ether oxygens (including phenoxy) is 1. The molecular weight excluding hydrogens is 286 g/mol. The lowest BCUT2D eigenvalue weighted by atomic mass is 10.2. The molecule has 0 atom stereocenters. The van der Waals surface area contributed by atoms with Crippen molar-refractivity contribution in [3.05, 3.63) is 28.8 Å². The molecule has 120 valence electrons. The topological polar surface area (TPSA) is 27.7 Å². The Labute approximate surface area is 134 Å². The smallest absolute Gasteiger partial charge is 0.0642 e. The first-order valence-corrected chi connectivity index (χ1v) is 7.76. The number of halogens is 1. The van der Waals surface area contributed by atoms with Crippen molar-refractivity contribution in [2.75, 3.05) is 59.4 Å². The van der Waals surface area contributed by atoms with Gasteiger partial charge in [0, 0.05) is 33.8 Å². The Morgan fingerprint density at radius 2 is 1.95 bits per heavy atom. The molecule has 0 bridgehead atoms. The fourth-order valence-electron chi connectivity index (χ4n) is 2.12. The van der Waals surface area contributed by atoms with Gasteiger partial charge in [-0.25, -0.2) is 0 Å². The van der Waals surface area contributed by atoms with Gasteiger partial charge in [-0.3, -0.25) is 0 Å². The Balaban J connectivity index is 2.48. The molecule has 21 heavy (non-hydrogen) atoms. The lowest BCUT2D eigenvalue weighted by Crippen LogP contribution is -2.23. The Bertz CT molecular complexity index is 413. The van der Waals surface area contributed by atoms with Crippen molar-refractivity contribution in [2.24, 2.45) is 0 Å². The lowest BCUT2D eigenvalue weighted by molar-refractivity contribution is 0.199. The van der Waals surface area contributed by atoms with Gasteiger partial charge in [0.1, 0.15) is 0 Å². The van der Waals surface area contributed by atoms with Crippen LogP contribution in [-0.4, -0.2) is 59.4 Å².